The Bertz CT molecular complexity index is 1140. The van der Waals surface area contributed by atoms with E-state index in [4.69, 9.17) is 4.74 Å². The van der Waals surface area contributed by atoms with Crippen molar-refractivity contribution in [3.05, 3.63) is 70.5 Å². The Balaban J connectivity index is 1.70. The van der Waals surface area contributed by atoms with Gasteiger partial charge in [-0.1, -0.05) is 12.1 Å². The number of fused-ring (bicyclic) bond motifs is 1. The van der Waals surface area contributed by atoms with Crippen molar-refractivity contribution in [1.82, 2.24) is 4.90 Å². The molecule has 37 heavy (non-hydrogen) atoms. The van der Waals surface area contributed by atoms with Crippen molar-refractivity contribution in [2.45, 2.75) is 63.2 Å². The smallest absolute Gasteiger partial charge is 0.368 e. The predicted molar refractivity (Wildman–Crippen MR) is 118 cm³/mol. The standard InChI is InChI=1S/C26H24F7NO3/c1-13(35)16-9-21-24(15-3-5-20(27)6-4-15)22(12-34(21)23(36)10-16)37-14(2)17-7-18(25(28,29)30)11-19(8-17)26(31,32)33/h3-8,11,14,16,21-22,24H,9-10,12H2,1-2H3/t14-,16?,21?,22+,24?/m1/s1. The summed E-state index contributed by atoms with van der Waals surface area (Å²) in [5.74, 6) is -2.05. The van der Waals surface area contributed by atoms with E-state index in [1.807, 2.05) is 0 Å². The number of benzene rings is 2. The highest BCUT2D eigenvalue weighted by Crippen LogP contribution is 2.45. The molecule has 4 rings (SSSR count). The van der Waals surface area contributed by atoms with E-state index in [-0.39, 0.29) is 36.3 Å². The number of rotatable bonds is 5. The number of carbonyl (C=O) groups excluding carboxylic acids is 2. The van der Waals surface area contributed by atoms with E-state index in [0.717, 1.165) is 0 Å². The van der Waals surface area contributed by atoms with Gasteiger partial charge in [-0.3, -0.25) is 9.59 Å². The van der Waals surface area contributed by atoms with Gasteiger partial charge in [0.1, 0.15) is 11.6 Å². The van der Waals surface area contributed by atoms with Gasteiger partial charge >= 0.3 is 12.4 Å². The maximum absolute atomic E-state index is 13.6. The second-order valence-electron chi connectivity index (χ2n) is 9.59. The van der Waals surface area contributed by atoms with E-state index in [2.05, 4.69) is 0 Å². The molecule has 0 radical (unpaired) electrons. The zero-order valence-electron chi connectivity index (χ0n) is 19.9. The van der Waals surface area contributed by atoms with Crippen molar-refractivity contribution >= 4 is 11.7 Å². The fourth-order valence-corrected chi connectivity index (χ4v) is 5.26. The van der Waals surface area contributed by atoms with Crippen molar-refractivity contribution in [3.63, 3.8) is 0 Å². The second kappa shape index (κ2) is 9.74. The Morgan fingerprint density at radius 3 is 2.08 bits per heavy atom. The molecular weight excluding hydrogens is 507 g/mol. The maximum atomic E-state index is 13.6. The fraction of sp³-hybridized carbons (Fsp3) is 0.462. The summed E-state index contributed by atoms with van der Waals surface area (Å²) in [4.78, 5) is 26.4. The maximum Gasteiger partial charge on any atom is 0.416 e. The minimum Gasteiger partial charge on any atom is -0.368 e. The summed E-state index contributed by atoms with van der Waals surface area (Å²) in [5, 5.41) is 0. The van der Waals surface area contributed by atoms with Gasteiger partial charge in [0.05, 0.1) is 23.3 Å². The Hall–Kier alpha value is -2.95. The third-order valence-electron chi connectivity index (χ3n) is 7.15. The number of halogens is 7. The Kier molecular flexibility index (Phi) is 7.13. The third kappa shape index (κ3) is 5.66. The summed E-state index contributed by atoms with van der Waals surface area (Å²) >= 11 is 0. The normalized spacial score (nSPS) is 25.2. The summed E-state index contributed by atoms with van der Waals surface area (Å²) in [7, 11) is 0. The van der Waals surface area contributed by atoms with Gasteiger partial charge < -0.3 is 9.64 Å². The summed E-state index contributed by atoms with van der Waals surface area (Å²) in [5.41, 5.74) is -2.64. The Labute approximate surface area is 208 Å². The van der Waals surface area contributed by atoms with E-state index >= 15 is 0 Å². The number of alkyl halides is 6. The number of hydrogen-bond donors (Lipinski definition) is 0. The van der Waals surface area contributed by atoms with E-state index in [9.17, 15) is 40.3 Å². The summed E-state index contributed by atoms with van der Waals surface area (Å²) in [6.45, 7) is 2.76. The van der Waals surface area contributed by atoms with Crippen molar-refractivity contribution < 1.29 is 45.1 Å². The van der Waals surface area contributed by atoms with E-state index < -0.39 is 59.4 Å². The molecule has 1 amide bonds. The molecule has 2 aliphatic heterocycles. The fourth-order valence-electron chi connectivity index (χ4n) is 5.26. The molecule has 11 heteroatoms. The molecule has 2 heterocycles. The van der Waals surface area contributed by atoms with Gasteiger partial charge in [0, 0.05) is 30.8 Å². The molecule has 2 saturated heterocycles. The molecule has 0 aromatic heterocycles. The van der Waals surface area contributed by atoms with Gasteiger partial charge in [0.2, 0.25) is 5.91 Å². The second-order valence-corrected chi connectivity index (χ2v) is 9.59. The molecule has 2 aromatic carbocycles. The zero-order chi connectivity index (χ0) is 27.3. The minimum atomic E-state index is -5.01. The van der Waals surface area contributed by atoms with Gasteiger partial charge in [-0.25, -0.2) is 4.39 Å². The van der Waals surface area contributed by atoms with Crippen LogP contribution in [0.15, 0.2) is 42.5 Å². The van der Waals surface area contributed by atoms with Crippen LogP contribution in [0.2, 0.25) is 0 Å². The van der Waals surface area contributed by atoms with Crippen LogP contribution in [0.3, 0.4) is 0 Å². The molecule has 0 aliphatic carbocycles. The SMILES string of the molecule is CC(=O)C1CC(=O)N2C[C@H](O[C@H](C)c3cc(C(F)(F)F)cc(C(F)(F)F)c3)C(c3ccc(F)cc3)C2C1. The number of nitrogens with zero attached hydrogens (tertiary/aromatic N) is 1. The zero-order valence-corrected chi connectivity index (χ0v) is 19.9. The first kappa shape index (κ1) is 27.1. The largest absolute Gasteiger partial charge is 0.416 e. The quantitative estimate of drug-likeness (QED) is 0.426. The summed E-state index contributed by atoms with van der Waals surface area (Å²) in [6, 6.07) is 6.22. The summed E-state index contributed by atoms with van der Waals surface area (Å²) in [6.07, 6.45) is -11.7. The lowest BCUT2D eigenvalue weighted by molar-refractivity contribution is -0.143. The van der Waals surface area contributed by atoms with E-state index in [0.29, 0.717) is 24.1 Å². The third-order valence-corrected chi connectivity index (χ3v) is 7.15. The van der Waals surface area contributed by atoms with Gasteiger partial charge in [0.25, 0.3) is 0 Å². The molecule has 4 nitrogen and oxygen atoms in total. The number of piperidine rings is 1. The highest BCUT2D eigenvalue weighted by Gasteiger charge is 2.50. The highest BCUT2D eigenvalue weighted by atomic mass is 19.4. The van der Waals surface area contributed by atoms with Crippen LogP contribution in [-0.4, -0.2) is 35.3 Å². The molecule has 3 unspecified atom stereocenters. The number of ether oxygens (including phenoxy) is 1. The molecule has 0 spiro atoms. The number of hydrogen-bond acceptors (Lipinski definition) is 3. The topological polar surface area (TPSA) is 46.6 Å². The molecule has 2 aromatic rings. The van der Waals surface area contributed by atoms with Crippen molar-refractivity contribution in [1.29, 1.82) is 0 Å². The first-order valence-electron chi connectivity index (χ1n) is 11.7. The molecule has 2 fully saturated rings. The van der Waals surface area contributed by atoms with Gasteiger partial charge in [0.15, 0.2) is 0 Å². The first-order valence-corrected chi connectivity index (χ1v) is 11.7. The minimum absolute atomic E-state index is 0.00676. The molecule has 5 atom stereocenters. The van der Waals surface area contributed by atoms with Crippen molar-refractivity contribution in [2.75, 3.05) is 6.54 Å². The monoisotopic (exact) mass is 531 g/mol. The van der Waals surface area contributed by atoms with Crippen LogP contribution in [0.4, 0.5) is 30.7 Å². The van der Waals surface area contributed by atoms with Gasteiger partial charge in [-0.15, -0.1) is 0 Å². The van der Waals surface area contributed by atoms with Crippen molar-refractivity contribution in [3.8, 4) is 0 Å². The molecule has 0 N–H and O–H groups in total. The lowest BCUT2D eigenvalue weighted by Crippen LogP contribution is -2.45. The van der Waals surface area contributed by atoms with Crippen molar-refractivity contribution in [2.24, 2.45) is 5.92 Å². The van der Waals surface area contributed by atoms with Crippen LogP contribution in [-0.2, 0) is 26.7 Å². The van der Waals surface area contributed by atoms with Crippen LogP contribution in [0, 0.1) is 11.7 Å². The molecule has 2 aliphatic rings. The average Bonchev–Trinajstić information content (AvgIpc) is 3.16. The van der Waals surface area contributed by atoms with Crippen LogP contribution >= 0.6 is 0 Å². The van der Waals surface area contributed by atoms with Crippen LogP contribution in [0.5, 0.6) is 0 Å². The van der Waals surface area contributed by atoms with Crippen LogP contribution in [0.1, 0.15) is 61.0 Å². The van der Waals surface area contributed by atoms with E-state index in [1.165, 1.54) is 43.0 Å². The van der Waals surface area contributed by atoms with Gasteiger partial charge in [-0.2, -0.15) is 26.3 Å². The Morgan fingerprint density at radius 1 is 1.00 bits per heavy atom. The van der Waals surface area contributed by atoms with Gasteiger partial charge in [-0.05, 0) is 61.7 Å². The number of carbonyl (C=O) groups is 2. The highest BCUT2D eigenvalue weighted by molar-refractivity contribution is 5.87. The molecular formula is C26H24F7NO3. The lowest BCUT2D eigenvalue weighted by Gasteiger charge is -2.36. The average molecular weight is 531 g/mol. The van der Waals surface area contributed by atoms with E-state index in [1.54, 1.807) is 0 Å². The summed E-state index contributed by atoms with van der Waals surface area (Å²) < 4.78 is 99.8. The lowest BCUT2D eigenvalue weighted by atomic mass is 9.80. The first-order chi connectivity index (χ1) is 17.1. The van der Waals surface area contributed by atoms with Crippen LogP contribution < -0.4 is 0 Å². The molecule has 200 valence electrons. The molecule has 0 bridgehead atoms. The Morgan fingerprint density at radius 2 is 1.57 bits per heavy atom. The predicted octanol–water partition coefficient (Wildman–Crippen LogP) is 6.30. The molecule has 0 saturated carbocycles. The van der Waals surface area contributed by atoms with Crippen LogP contribution in [0.25, 0.3) is 0 Å². The number of amides is 1. The number of ketones is 1. The number of Topliss-reactive ketones (excluding diaryl/α,β-unsaturated/α-hetero) is 1.